The number of hydrogen-bond donors (Lipinski definition) is 1. The molecule has 0 aliphatic rings. The Labute approximate surface area is 89.5 Å². The molecule has 0 atom stereocenters. The first-order chi connectivity index (χ1) is 6.60. The first kappa shape index (κ1) is 14.1. The lowest BCUT2D eigenvalue weighted by Crippen LogP contribution is -2.56. The van der Waals surface area contributed by atoms with E-state index in [1.165, 1.54) is 0 Å². The summed E-state index contributed by atoms with van der Waals surface area (Å²) in [6, 6.07) is 0.960. The monoisotopic (exact) mass is 219 g/mol. The van der Waals surface area contributed by atoms with E-state index in [0.29, 0.717) is 5.92 Å². The van der Waals surface area contributed by atoms with Crippen molar-refractivity contribution in [2.24, 2.45) is 5.92 Å². The van der Waals surface area contributed by atoms with Crippen LogP contribution in [-0.4, -0.2) is 28.5 Å². The second-order valence-corrected chi connectivity index (χ2v) is 6.89. The largest absolute Gasteiger partial charge is 0.424 e. The first-order valence-electron chi connectivity index (χ1n) is 5.63. The third kappa shape index (κ3) is 5.10. The van der Waals surface area contributed by atoms with Crippen LogP contribution < -0.4 is 4.98 Å². The van der Waals surface area contributed by atoms with Crippen LogP contribution >= 0.6 is 0 Å². The molecule has 0 aromatic carbocycles. The Balaban J connectivity index is 4.17. The van der Waals surface area contributed by atoms with E-state index in [2.05, 4.69) is 25.8 Å². The summed E-state index contributed by atoms with van der Waals surface area (Å²) < 4.78 is 11.6. The smallest absolute Gasteiger partial charge is 0.383 e. The summed E-state index contributed by atoms with van der Waals surface area (Å²) in [6.45, 7) is 13.0. The molecule has 0 saturated carbocycles. The molecule has 3 nitrogen and oxygen atoms in total. The molecule has 0 saturated heterocycles. The molecule has 0 fully saturated rings. The molecule has 0 spiro atoms. The highest BCUT2D eigenvalue weighted by molar-refractivity contribution is 6.64. The Morgan fingerprint density at radius 2 is 1.57 bits per heavy atom. The average Bonchev–Trinajstić information content (AvgIpc) is 2.15. The number of hydrogen-bond acceptors (Lipinski definition) is 3. The van der Waals surface area contributed by atoms with Gasteiger partial charge in [-0.15, -0.1) is 0 Å². The molecule has 14 heavy (non-hydrogen) atoms. The molecular formula is C10H25NO2Si. The standard InChI is InChI=1S/C10H25NO2Si/c1-6-12-14(8-3,13-7-2)11-9-10(4)5/h10-11H,6-9H2,1-5H3. The zero-order valence-corrected chi connectivity index (χ0v) is 11.2. The zero-order chi connectivity index (χ0) is 11.0. The number of rotatable bonds is 8. The van der Waals surface area contributed by atoms with Crippen LogP contribution in [0.1, 0.15) is 34.6 Å². The SMILES string of the molecule is CCO[Si](CC)(NCC(C)C)OCC. The minimum absolute atomic E-state index is 0.634. The van der Waals surface area contributed by atoms with Gasteiger partial charge in [0.15, 0.2) is 0 Å². The lowest BCUT2D eigenvalue weighted by atomic mass is 10.2. The van der Waals surface area contributed by atoms with Gasteiger partial charge >= 0.3 is 8.72 Å². The number of nitrogens with one attached hydrogen (secondary N) is 1. The summed E-state index contributed by atoms with van der Waals surface area (Å²) in [5.41, 5.74) is 0. The van der Waals surface area contributed by atoms with E-state index in [1.807, 2.05) is 13.8 Å². The molecule has 0 amide bonds. The molecule has 0 unspecified atom stereocenters. The van der Waals surface area contributed by atoms with Gasteiger partial charge in [0, 0.05) is 19.3 Å². The van der Waals surface area contributed by atoms with Gasteiger partial charge in [-0.3, -0.25) is 4.98 Å². The molecule has 0 aromatic heterocycles. The average molecular weight is 219 g/mol. The van der Waals surface area contributed by atoms with Gasteiger partial charge in [-0.1, -0.05) is 20.8 Å². The summed E-state index contributed by atoms with van der Waals surface area (Å²) in [5.74, 6) is 0.634. The zero-order valence-electron chi connectivity index (χ0n) is 10.2. The third-order valence-electron chi connectivity index (χ3n) is 2.00. The molecule has 4 heteroatoms. The van der Waals surface area contributed by atoms with Crippen molar-refractivity contribution in [3.63, 3.8) is 0 Å². The Bertz CT molecular complexity index is 136. The fraction of sp³-hybridized carbons (Fsp3) is 1.00. The van der Waals surface area contributed by atoms with Crippen molar-refractivity contribution in [3.8, 4) is 0 Å². The highest BCUT2D eigenvalue weighted by Gasteiger charge is 2.35. The topological polar surface area (TPSA) is 30.5 Å². The summed E-state index contributed by atoms with van der Waals surface area (Å²) in [6.07, 6.45) is 0. The predicted octanol–water partition coefficient (Wildman–Crippen LogP) is 2.26. The van der Waals surface area contributed by atoms with E-state index in [0.717, 1.165) is 25.8 Å². The summed E-state index contributed by atoms with van der Waals surface area (Å²) in [7, 11) is -2.08. The molecule has 0 aromatic rings. The molecule has 0 heterocycles. The highest BCUT2D eigenvalue weighted by atomic mass is 28.4. The van der Waals surface area contributed by atoms with Crippen LogP contribution in [0.5, 0.6) is 0 Å². The summed E-state index contributed by atoms with van der Waals surface area (Å²) in [4.78, 5) is 3.48. The molecule has 0 aliphatic heterocycles. The Kier molecular flexibility index (Phi) is 7.45. The second kappa shape index (κ2) is 7.40. The molecule has 0 aliphatic carbocycles. The van der Waals surface area contributed by atoms with E-state index < -0.39 is 8.72 Å². The van der Waals surface area contributed by atoms with Crippen molar-refractivity contribution in [1.29, 1.82) is 0 Å². The van der Waals surface area contributed by atoms with Crippen LogP contribution in [0.4, 0.5) is 0 Å². The normalized spacial score (nSPS) is 12.4. The van der Waals surface area contributed by atoms with Crippen molar-refractivity contribution >= 4 is 8.72 Å². The van der Waals surface area contributed by atoms with Gasteiger partial charge in [0.05, 0.1) is 0 Å². The van der Waals surface area contributed by atoms with Crippen LogP contribution in [0.15, 0.2) is 0 Å². The van der Waals surface area contributed by atoms with Gasteiger partial charge < -0.3 is 8.85 Å². The Morgan fingerprint density at radius 3 is 1.86 bits per heavy atom. The molecule has 0 bridgehead atoms. The molecule has 0 radical (unpaired) electrons. The van der Waals surface area contributed by atoms with Crippen molar-refractivity contribution in [1.82, 2.24) is 4.98 Å². The quantitative estimate of drug-likeness (QED) is 0.635. The van der Waals surface area contributed by atoms with E-state index in [4.69, 9.17) is 8.85 Å². The fourth-order valence-corrected chi connectivity index (χ4v) is 3.90. The second-order valence-electron chi connectivity index (χ2n) is 3.75. The summed E-state index contributed by atoms with van der Waals surface area (Å²) in [5, 5.41) is 0. The maximum Gasteiger partial charge on any atom is 0.424 e. The van der Waals surface area contributed by atoms with Crippen LogP contribution in [0, 0.1) is 5.92 Å². The maximum atomic E-state index is 5.78. The minimum Gasteiger partial charge on any atom is -0.383 e. The highest BCUT2D eigenvalue weighted by Crippen LogP contribution is 2.10. The predicted molar refractivity (Wildman–Crippen MR) is 62.3 cm³/mol. The van der Waals surface area contributed by atoms with Crippen LogP contribution in [0.2, 0.25) is 6.04 Å². The van der Waals surface area contributed by atoms with Crippen LogP contribution in [0.25, 0.3) is 0 Å². The molecule has 86 valence electrons. The van der Waals surface area contributed by atoms with E-state index >= 15 is 0 Å². The van der Waals surface area contributed by atoms with Gasteiger partial charge in [-0.05, 0) is 26.3 Å². The van der Waals surface area contributed by atoms with Crippen molar-refractivity contribution < 1.29 is 8.85 Å². The van der Waals surface area contributed by atoms with E-state index in [1.54, 1.807) is 0 Å². The first-order valence-corrected chi connectivity index (χ1v) is 7.65. The van der Waals surface area contributed by atoms with Gasteiger partial charge in [0.2, 0.25) is 0 Å². The summed E-state index contributed by atoms with van der Waals surface area (Å²) >= 11 is 0. The molecule has 1 N–H and O–H groups in total. The van der Waals surface area contributed by atoms with Crippen molar-refractivity contribution in [3.05, 3.63) is 0 Å². The fourth-order valence-electron chi connectivity index (χ4n) is 1.30. The van der Waals surface area contributed by atoms with E-state index in [9.17, 15) is 0 Å². The lowest BCUT2D eigenvalue weighted by molar-refractivity contribution is 0.170. The van der Waals surface area contributed by atoms with E-state index in [-0.39, 0.29) is 0 Å². The lowest BCUT2D eigenvalue weighted by Gasteiger charge is -2.29. The Morgan fingerprint density at radius 1 is 1.07 bits per heavy atom. The van der Waals surface area contributed by atoms with Crippen molar-refractivity contribution in [2.45, 2.75) is 40.7 Å². The van der Waals surface area contributed by atoms with Crippen LogP contribution in [0.3, 0.4) is 0 Å². The molecular weight excluding hydrogens is 194 g/mol. The van der Waals surface area contributed by atoms with Gasteiger partial charge in [-0.2, -0.15) is 0 Å². The Hall–Kier alpha value is 0.0969. The minimum atomic E-state index is -2.08. The van der Waals surface area contributed by atoms with Gasteiger partial charge in [-0.25, -0.2) is 0 Å². The van der Waals surface area contributed by atoms with Gasteiger partial charge in [0.25, 0.3) is 0 Å². The third-order valence-corrected chi connectivity index (χ3v) is 5.18. The maximum absolute atomic E-state index is 5.78. The van der Waals surface area contributed by atoms with Crippen molar-refractivity contribution in [2.75, 3.05) is 19.8 Å². The van der Waals surface area contributed by atoms with Gasteiger partial charge in [0.1, 0.15) is 0 Å². The van der Waals surface area contributed by atoms with Crippen LogP contribution in [-0.2, 0) is 8.85 Å². The molecule has 0 rings (SSSR count).